The number of carbonyl (C=O) groups is 1. The number of hydrogen-bond acceptors (Lipinski definition) is 5. The average Bonchev–Trinajstić information content (AvgIpc) is 3.43. The van der Waals surface area contributed by atoms with E-state index in [1.165, 1.54) is 18.2 Å². The number of ether oxygens (including phenoxy) is 1. The molecule has 1 N–H and O–H groups in total. The van der Waals surface area contributed by atoms with Crippen LogP contribution in [0.4, 0.5) is 10.1 Å². The molecule has 0 bridgehead atoms. The van der Waals surface area contributed by atoms with Crippen LogP contribution < -0.4 is 10.1 Å². The number of halogens is 1. The van der Waals surface area contributed by atoms with Gasteiger partial charge in [0.1, 0.15) is 5.82 Å². The number of amides is 1. The minimum Gasteiger partial charge on any atom is -0.462 e. The molecule has 0 aliphatic carbocycles. The largest absolute Gasteiger partial charge is 0.462 e. The maximum absolute atomic E-state index is 13.3. The average molecular weight is 420 g/mol. The van der Waals surface area contributed by atoms with Crippen LogP contribution in [0.15, 0.2) is 71.3 Å². The molecule has 2 heterocycles. The number of nitrogens with zero attached hydrogens (tertiary/aromatic N) is 3. The van der Waals surface area contributed by atoms with E-state index in [9.17, 15) is 9.18 Å². The van der Waals surface area contributed by atoms with Crippen molar-refractivity contribution < 1.29 is 18.3 Å². The van der Waals surface area contributed by atoms with Gasteiger partial charge >= 0.3 is 6.01 Å². The highest BCUT2D eigenvalue weighted by atomic mass is 19.1. The zero-order valence-corrected chi connectivity index (χ0v) is 17.1. The number of nitrogens with one attached hydrogen (secondary N) is 1. The summed E-state index contributed by atoms with van der Waals surface area (Å²) in [6.07, 6.45) is 1.56. The van der Waals surface area contributed by atoms with E-state index in [-0.39, 0.29) is 11.6 Å². The van der Waals surface area contributed by atoms with E-state index in [0.717, 1.165) is 0 Å². The predicted octanol–water partition coefficient (Wildman–Crippen LogP) is 4.95. The summed E-state index contributed by atoms with van der Waals surface area (Å²) in [7, 11) is 0. The van der Waals surface area contributed by atoms with Crippen molar-refractivity contribution in [2.24, 2.45) is 5.92 Å². The lowest BCUT2D eigenvalue weighted by molar-refractivity contribution is 0.102. The number of anilines is 1. The van der Waals surface area contributed by atoms with Gasteiger partial charge in [0.05, 0.1) is 18.6 Å². The summed E-state index contributed by atoms with van der Waals surface area (Å²) < 4.78 is 26.1. The van der Waals surface area contributed by atoms with E-state index in [1.807, 2.05) is 13.8 Å². The van der Waals surface area contributed by atoms with Crippen LogP contribution in [-0.4, -0.2) is 27.3 Å². The van der Waals surface area contributed by atoms with Crippen LogP contribution >= 0.6 is 0 Å². The summed E-state index contributed by atoms with van der Waals surface area (Å²) in [6, 6.07) is 16.4. The fourth-order valence-electron chi connectivity index (χ4n) is 2.86. The zero-order valence-electron chi connectivity index (χ0n) is 17.1. The van der Waals surface area contributed by atoms with E-state index in [1.54, 1.807) is 53.4 Å². The van der Waals surface area contributed by atoms with Crippen LogP contribution in [-0.2, 0) is 0 Å². The molecule has 0 saturated heterocycles. The summed E-state index contributed by atoms with van der Waals surface area (Å²) in [4.78, 5) is 16.8. The SMILES string of the molecule is CC(C)COc1nc(-c2ccco2)n(-c2ccc(NC(=O)c3cccc(F)c3)cc2)n1. The maximum atomic E-state index is 13.3. The third kappa shape index (κ3) is 4.80. The molecule has 0 spiro atoms. The van der Waals surface area contributed by atoms with Crippen molar-refractivity contribution in [3.05, 3.63) is 78.3 Å². The Balaban J connectivity index is 1.57. The molecule has 0 radical (unpaired) electrons. The Bertz CT molecular complexity index is 1170. The van der Waals surface area contributed by atoms with Crippen LogP contribution in [0.2, 0.25) is 0 Å². The monoisotopic (exact) mass is 420 g/mol. The quantitative estimate of drug-likeness (QED) is 0.457. The summed E-state index contributed by atoms with van der Waals surface area (Å²) in [5.41, 5.74) is 1.52. The minimum atomic E-state index is -0.463. The van der Waals surface area contributed by atoms with Gasteiger partial charge in [-0.3, -0.25) is 4.79 Å². The number of aromatic nitrogens is 3. The van der Waals surface area contributed by atoms with Gasteiger partial charge in [-0.25, -0.2) is 9.07 Å². The van der Waals surface area contributed by atoms with E-state index in [2.05, 4.69) is 15.4 Å². The van der Waals surface area contributed by atoms with Crippen LogP contribution in [0.3, 0.4) is 0 Å². The van der Waals surface area contributed by atoms with Crippen LogP contribution in [0, 0.1) is 11.7 Å². The molecule has 0 aliphatic heterocycles. The van der Waals surface area contributed by atoms with E-state index in [4.69, 9.17) is 9.15 Å². The molecule has 2 aromatic heterocycles. The number of benzene rings is 2. The highest BCUT2D eigenvalue weighted by Gasteiger charge is 2.17. The molecule has 4 aromatic rings. The first-order valence-electron chi connectivity index (χ1n) is 9.80. The smallest absolute Gasteiger partial charge is 0.336 e. The molecule has 0 aliphatic rings. The van der Waals surface area contributed by atoms with Gasteiger partial charge in [-0.2, -0.15) is 4.98 Å². The van der Waals surface area contributed by atoms with Crippen molar-refractivity contribution >= 4 is 11.6 Å². The normalized spacial score (nSPS) is 11.0. The topological polar surface area (TPSA) is 82.2 Å². The standard InChI is InChI=1S/C23H21FN4O3/c1-15(2)14-31-23-26-21(20-7-4-12-30-20)28(27-23)19-10-8-18(9-11-19)25-22(29)16-5-3-6-17(24)13-16/h3-13,15H,14H2,1-2H3,(H,25,29). The molecule has 2 aromatic carbocycles. The Labute approximate surface area is 178 Å². The van der Waals surface area contributed by atoms with Gasteiger partial charge in [-0.1, -0.05) is 19.9 Å². The van der Waals surface area contributed by atoms with Gasteiger partial charge in [-0.15, -0.1) is 5.10 Å². The summed E-state index contributed by atoms with van der Waals surface area (Å²) in [5.74, 6) is 0.527. The van der Waals surface area contributed by atoms with Crippen molar-refractivity contribution in [3.63, 3.8) is 0 Å². The zero-order chi connectivity index (χ0) is 21.8. The third-order valence-corrected chi connectivity index (χ3v) is 4.33. The highest BCUT2D eigenvalue weighted by Crippen LogP contribution is 2.25. The molecule has 8 heteroatoms. The van der Waals surface area contributed by atoms with Gasteiger partial charge in [-0.05, 0) is 60.5 Å². The second-order valence-electron chi connectivity index (χ2n) is 7.32. The molecule has 7 nitrogen and oxygen atoms in total. The Morgan fingerprint density at radius 3 is 2.65 bits per heavy atom. The number of furan rings is 1. The van der Waals surface area contributed by atoms with E-state index in [0.29, 0.717) is 35.5 Å². The van der Waals surface area contributed by atoms with Crippen molar-refractivity contribution in [1.82, 2.24) is 14.8 Å². The number of hydrogen-bond donors (Lipinski definition) is 1. The van der Waals surface area contributed by atoms with Crippen molar-refractivity contribution in [1.29, 1.82) is 0 Å². The number of rotatable bonds is 7. The second-order valence-corrected chi connectivity index (χ2v) is 7.32. The Morgan fingerprint density at radius 1 is 1.16 bits per heavy atom. The fourth-order valence-corrected chi connectivity index (χ4v) is 2.86. The molecule has 0 saturated carbocycles. The van der Waals surface area contributed by atoms with Crippen LogP contribution in [0.25, 0.3) is 17.3 Å². The van der Waals surface area contributed by atoms with Crippen molar-refractivity contribution in [2.75, 3.05) is 11.9 Å². The fraction of sp³-hybridized carbons (Fsp3) is 0.174. The summed E-state index contributed by atoms with van der Waals surface area (Å²) in [5, 5.41) is 7.20. The van der Waals surface area contributed by atoms with Gasteiger partial charge in [0, 0.05) is 11.3 Å². The Hall–Kier alpha value is -3.94. The molecular formula is C23H21FN4O3. The third-order valence-electron chi connectivity index (χ3n) is 4.33. The predicted molar refractivity (Wildman–Crippen MR) is 114 cm³/mol. The molecule has 0 atom stereocenters. The van der Waals surface area contributed by atoms with Gasteiger partial charge in [0.15, 0.2) is 5.76 Å². The number of carbonyl (C=O) groups excluding carboxylic acids is 1. The molecule has 31 heavy (non-hydrogen) atoms. The highest BCUT2D eigenvalue weighted by molar-refractivity contribution is 6.04. The first kappa shape index (κ1) is 20.3. The van der Waals surface area contributed by atoms with Gasteiger partial charge in [0.2, 0.25) is 5.82 Å². The molecular weight excluding hydrogens is 399 g/mol. The molecule has 0 unspecified atom stereocenters. The molecule has 158 valence electrons. The lowest BCUT2D eigenvalue weighted by Gasteiger charge is -2.08. The van der Waals surface area contributed by atoms with Crippen molar-refractivity contribution in [2.45, 2.75) is 13.8 Å². The van der Waals surface area contributed by atoms with Crippen molar-refractivity contribution in [3.8, 4) is 23.3 Å². The molecule has 1 amide bonds. The molecule has 0 fully saturated rings. The van der Waals surface area contributed by atoms with Gasteiger partial charge < -0.3 is 14.5 Å². The first-order valence-corrected chi connectivity index (χ1v) is 9.80. The van der Waals surface area contributed by atoms with Crippen LogP contribution in [0.5, 0.6) is 6.01 Å². The van der Waals surface area contributed by atoms with Gasteiger partial charge in [0.25, 0.3) is 5.91 Å². The maximum Gasteiger partial charge on any atom is 0.336 e. The minimum absolute atomic E-state index is 0.243. The lowest BCUT2D eigenvalue weighted by Crippen LogP contribution is -2.12. The first-order chi connectivity index (χ1) is 15.0. The van der Waals surface area contributed by atoms with E-state index >= 15 is 0 Å². The Kier molecular flexibility index (Phi) is 5.79. The summed E-state index contributed by atoms with van der Waals surface area (Å²) >= 11 is 0. The van der Waals surface area contributed by atoms with Crippen LogP contribution in [0.1, 0.15) is 24.2 Å². The lowest BCUT2D eigenvalue weighted by atomic mass is 10.2. The Morgan fingerprint density at radius 2 is 1.97 bits per heavy atom. The second kappa shape index (κ2) is 8.83. The summed E-state index contributed by atoms with van der Waals surface area (Å²) in [6.45, 7) is 4.58. The van der Waals surface area contributed by atoms with E-state index < -0.39 is 11.7 Å². The molecule has 4 rings (SSSR count).